The summed E-state index contributed by atoms with van der Waals surface area (Å²) in [6, 6.07) is 24.7. The van der Waals surface area contributed by atoms with Crippen LogP contribution < -0.4 is 20.1 Å². The van der Waals surface area contributed by atoms with E-state index in [4.69, 9.17) is 9.47 Å². The molecule has 2 N–H and O–H groups in total. The van der Waals surface area contributed by atoms with Crippen molar-refractivity contribution in [2.45, 2.75) is 13.0 Å². The molecule has 3 aromatic rings. The first-order valence-corrected chi connectivity index (χ1v) is 8.68. The summed E-state index contributed by atoms with van der Waals surface area (Å²) in [4.78, 5) is 12.4. The summed E-state index contributed by atoms with van der Waals surface area (Å²) in [5, 5.41) is 6.16. The van der Waals surface area contributed by atoms with Crippen molar-refractivity contribution < 1.29 is 14.3 Å². The lowest BCUT2D eigenvalue weighted by Crippen LogP contribution is -2.30. The van der Waals surface area contributed by atoms with Crippen LogP contribution in [0.2, 0.25) is 0 Å². The van der Waals surface area contributed by atoms with E-state index in [-0.39, 0.29) is 5.91 Å². The van der Waals surface area contributed by atoms with Crippen LogP contribution in [-0.4, -0.2) is 19.1 Å². The first kappa shape index (κ1) is 18.3. The summed E-state index contributed by atoms with van der Waals surface area (Å²) in [6.07, 6.45) is -0.663. The number of rotatable bonds is 7. The molecule has 27 heavy (non-hydrogen) atoms. The standard InChI is InChI=1S/C22H22N2O3/c1-16(27-21-11-7-6-10-20(21)26-2)22(25)24-19-14-12-18(13-15-19)23-17-8-4-3-5-9-17/h3-16,23H,1-2H3,(H,24,25). The maximum absolute atomic E-state index is 12.4. The third-order valence-corrected chi connectivity index (χ3v) is 3.96. The Kier molecular flexibility index (Phi) is 5.94. The molecule has 3 aromatic carbocycles. The lowest BCUT2D eigenvalue weighted by atomic mass is 10.2. The molecule has 0 aromatic heterocycles. The molecule has 1 unspecified atom stereocenters. The van der Waals surface area contributed by atoms with Crippen LogP contribution >= 0.6 is 0 Å². The van der Waals surface area contributed by atoms with Crippen LogP contribution in [0.4, 0.5) is 17.1 Å². The zero-order valence-electron chi connectivity index (χ0n) is 15.3. The molecule has 5 nitrogen and oxygen atoms in total. The van der Waals surface area contributed by atoms with Gasteiger partial charge in [-0.1, -0.05) is 30.3 Å². The van der Waals surface area contributed by atoms with E-state index < -0.39 is 6.10 Å². The summed E-state index contributed by atoms with van der Waals surface area (Å²) in [5.74, 6) is 0.892. The van der Waals surface area contributed by atoms with Gasteiger partial charge in [0, 0.05) is 17.1 Å². The monoisotopic (exact) mass is 362 g/mol. The van der Waals surface area contributed by atoms with Crippen molar-refractivity contribution in [3.63, 3.8) is 0 Å². The molecule has 0 bridgehead atoms. The molecule has 1 atom stereocenters. The average molecular weight is 362 g/mol. The number of hydrogen-bond acceptors (Lipinski definition) is 4. The van der Waals surface area contributed by atoms with E-state index in [1.54, 1.807) is 26.2 Å². The van der Waals surface area contributed by atoms with Crippen LogP contribution in [0.3, 0.4) is 0 Å². The Labute approximate surface area is 158 Å². The zero-order valence-corrected chi connectivity index (χ0v) is 15.3. The van der Waals surface area contributed by atoms with Crippen LogP contribution in [0.25, 0.3) is 0 Å². The normalized spacial score (nSPS) is 11.3. The van der Waals surface area contributed by atoms with Gasteiger partial charge in [0.05, 0.1) is 7.11 Å². The number of hydrogen-bond donors (Lipinski definition) is 2. The third kappa shape index (κ3) is 5.01. The van der Waals surface area contributed by atoms with Gasteiger partial charge in [0.2, 0.25) is 0 Å². The molecule has 1 amide bonds. The molecular weight excluding hydrogens is 340 g/mol. The second kappa shape index (κ2) is 8.76. The first-order valence-electron chi connectivity index (χ1n) is 8.68. The van der Waals surface area contributed by atoms with Gasteiger partial charge in [0.15, 0.2) is 17.6 Å². The number of carbonyl (C=O) groups is 1. The van der Waals surface area contributed by atoms with Gasteiger partial charge >= 0.3 is 0 Å². The Hall–Kier alpha value is -3.47. The lowest BCUT2D eigenvalue weighted by molar-refractivity contribution is -0.122. The molecule has 0 saturated carbocycles. The number of methoxy groups -OCH3 is 1. The van der Waals surface area contributed by atoms with E-state index in [9.17, 15) is 4.79 Å². The topological polar surface area (TPSA) is 59.6 Å². The van der Waals surface area contributed by atoms with Crippen LogP contribution in [0.1, 0.15) is 6.92 Å². The number of ether oxygens (including phenoxy) is 2. The summed E-state index contributed by atoms with van der Waals surface area (Å²) >= 11 is 0. The third-order valence-electron chi connectivity index (χ3n) is 3.96. The van der Waals surface area contributed by atoms with Crippen molar-refractivity contribution in [2.24, 2.45) is 0 Å². The van der Waals surface area contributed by atoms with E-state index in [2.05, 4.69) is 10.6 Å². The molecule has 0 fully saturated rings. The Balaban J connectivity index is 1.58. The number of carbonyl (C=O) groups excluding carboxylic acids is 1. The molecule has 138 valence electrons. The molecule has 0 aliphatic heterocycles. The highest BCUT2D eigenvalue weighted by Gasteiger charge is 2.16. The Bertz CT molecular complexity index is 880. The molecule has 0 aliphatic rings. The molecule has 0 heterocycles. The van der Waals surface area contributed by atoms with Gasteiger partial charge in [-0.15, -0.1) is 0 Å². The predicted molar refractivity (Wildman–Crippen MR) is 108 cm³/mol. The Morgan fingerprint density at radius 1 is 0.778 bits per heavy atom. The second-order valence-electron chi connectivity index (χ2n) is 5.97. The van der Waals surface area contributed by atoms with Crippen LogP contribution in [0, 0.1) is 0 Å². The summed E-state index contributed by atoms with van der Waals surface area (Å²) < 4.78 is 11.0. The minimum atomic E-state index is -0.663. The second-order valence-corrected chi connectivity index (χ2v) is 5.97. The molecule has 5 heteroatoms. The number of anilines is 3. The summed E-state index contributed by atoms with van der Waals surface area (Å²) in [7, 11) is 1.57. The minimum absolute atomic E-state index is 0.232. The van der Waals surface area contributed by atoms with Gasteiger partial charge in [-0.25, -0.2) is 0 Å². The smallest absolute Gasteiger partial charge is 0.265 e. The van der Waals surface area contributed by atoms with Crippen LogP contribution in [-0.2, 0) is 4.79 Å². The van der Waals surface area contributed by atoms with Crippen molar-refractivity contribution in [1.82, 2.24) is 0 Å². The van der Waals surface area contributed by atoms with Crippen molar-refractivity contribution in [3.8, 4) is 11.5 Å². The number of para-hydroxylation sites is 3. The molecule has 0 radical (unpaired) electrons. The van der Waals surface area contributed by atoms with Gasteiger partial charge in [-0.2, -0.15) is 0 Å². The van der Waals surface area contributed by atoms with Gasteiger partial charge in [0.1, 0.15) is 0 Å². The Morgan fingerprint density at radius 3 is 2.00 bits per heavy atom. The molecule has 0 spiro atoms. The molecule has 0 aliphatic carbocycles. The molecular formula is C22H22N2O3. The zero-order chi connectivity index (χ0) is 19.1. The average Bonchev–Trinajstić information content (AvgIpc) is 2.70. The molecule has 0 saturated heterocycles. The first-order chi connectivity index (χ1) is 13.2. The van der Waals surface area contributed by atoms with Gasteiger partial charge in [0.25, 0.3) is 5.91 Å². The van der Waals surface area contributed by atoms with Crippen molar-refractivity contribution in [3.05, 3.63) is 78.9 Å². The fourth-order valence-corrected chi connectivity index (χ4v) is 2.53. The largest absolute Gasteiger partial charge is 0.493 e. The summed E-state index contributed by atoms with van der Waals surface area (Å²) in [5.41, 5.74) is 2.65. The van der Waals surface area contributed by atoms with Crippen LogP contribution in [0.15, 0.2) is 78.9 Å². The quantitative estimate of drug-likeness (QED) is 0.631. The maximum Gasteiger partial charge on any atom is 0.265 e. The summed E-state index contributed by atoms with van der Waals surface area (Å²) in [6.45, 7) is 1.70. The molecule has 3 rings (SSSR count). The lowest BCUT2D eigenvalue weighted by Gasteiger charge is -2.16. The Morgan fingerprint density at radius 2 is 1.33 bits per heavy atom. The van der Waals surface area contributed by atoms with Crippen LogP contribution in [0.5, 0.6) is 11.5 Å². The van der Waals surface area contributed by atoms with E-state index in [0.29, 0.717) is 17.2 Å². The van der Waals surface area contributed by atoms with Gasteiger partial charge in [-0.3, -0.25) is 4.79 Å². The highest BCUT2D eigenvalue weighted by Crippen LogP contribution is 2.27. The fraction of sp³-hybridized carbons (Fsp3) is 0.136. The predicted octanol–water partition coefficient (Wildman–Crippen LogP) is 4.84. The fourth-order valence-electron chi connectivity index (χ4n) is 2.53. The van der Waals surface area contributed by atoms with Gasteiger partial charge in [-0.05, 0) is 55.5 Å². The van der Waals surface area contributed by atoms with E-state index in [0.717, 1.165) is 11.4 Å². The van der Waals surface area contributed by atoms with Crippen molar-refractivity contribution >= 4 is 23.0 Å². The van der Waals surface area contributed by atoms with E-state index >= 15 is 0 Å². The van der Waals surface area contributed by atoms with Gasteiger partial charge < -0.3 is 20.1 Å². The number of nitrogens with one attached hydrogen (secondary N) is 2. The van der Waals surface area contributed by atoms with Crippen molar-refractivity contribution in [2.75, 3.05) is 17.7 Å². The maximum atomic E-state index is 12.4. The van der Waals surface area contributed by atoms with E-state index in [1.165, 1.54) is 0 Å². The highest BCUT2D eigenvalue weighted by molar-refractivity contribution is 5.94. The minimum Gasteiger partial charge on any atom is -0.493 e. The van der Waals surface area contributed by atoms with Crippen molar-refractivity contribution in [1.29, 1.82) is 0 Å². The SMILES string of the molecule is COc1ccccc1OC(C)C(=O)Nc1ccc(Nc2ccccc2)cc1. The highest BCUT2D eigenvalue weighted by atomic mass is 16.5. The van der Waals surface area contributed by atoms with E-state index in [1.807, 2.05) is 66.7 Å². The number of benzene rings is 3. The number of amides is 1.